The average Bonchev–Trinajstić information content (AvgIpc) is 2.88. The van der Waals surface area contributed by atoms with Gasteiger partial charge < -0.3 is 10.1 Å². The van der Waals surface area contributed by atoms with E-state index >= 15 is 0 Å². The number of hydrogen-bond acceptors (Lipinski definition) is 4. The molecule has 5 nitrogen and oxygen atoms in total. The van der Waals surface area contributed by atoms with Gasteiger partial charge in [0.1, 0.15) is 16.5 Å². The molecule has 1 aliphatic heterocycles. The summed E-state index contributed by atoms with van der Waals surface area (Å²) in [4.78, 5) is 26.5. The molecule has 0 saturated carbocycles. The highest BCUT2D eigenvalue weighted by Crippen LogP contribution is 2.35. The average molecular weight is 405 g/mol. The van der Waals surface area contributed by atoms with Crippen molar-refractivity contribution in [2.24, 2.45) is 0 Å². The summed E-state index contributed by atoms with van der Waals surface area (Å²) in [6, 6.07) is 10.6. The molecule has 0 fully saturated rings. The summed E-state index contributed by atoms with van der Waals surface area (Å²) in [5.74, 6) is -0.657. The Bertz CT molecular complexity index is 952. The van der Waals surface area contributed by atoms with E-state index in [1.165, 1.54) is 7.11 Å². The normalized spacial score (nSPS) is 14.2. The number of aryl methyl sites for hydroxylation is 2. The van der Waals surface area contributed by atoms with E-state index in [2.05, 4.69) is 5.32 Å². The molecule has 0 atom stereocenters. The van der Waals surface area contributed by atoms with Gasteiger partial charge in [0, 0.05) is 11.1 Å². The van der Waals surface area contributed by atoms with Gasteiger partial charge in [-0.25, -0.2) is 4.90 Å². The van der Waals surface area contributed by atoms with Gasteiger partial charge in [-0.15, -0.1) is 0 Å². The first-order chi connectivity index (χ1) is 12.9. The van der Waals surface area contributed by atoms with Crippen molar-refractivity contribution in [1.82, 2.24) is 0 Å². The lowest BCUT2D eigenvalue weighted by Gasteiger charge is -2.16. The van der Waals surface area contributed by atoms with Gasteiger partial charge in [0.05, 0.1) is 18.5 Å². The van der Waals surface area contributed by atoms with Crippen molar-refractivity contribution < 1.29 is 14.3 Å². The molecular weight excluding hydrogens is 387 g/mol. The number of halogens is 2. The fraction of sp³-hybridized carbons (Fsp3) is 0.200. The minimum absolute atomic E-state index is 0.00116. The van der Waals surface area contributed by atoms with E-state index in [0.717, 1.165) is 22.4 Å². The summed E-state index contributed by atoms with van der Waals surface area (Å²) in [6.45, 7) is 3.86. The standard InChI is InChI=1S/C20H18Cl2N2O3/c1-4-12-5-7-13(8-6-12)24-19(25)17(22)18(20(24)26)23-15-9-11(2)14(21)10-16(15)27-3/h5-10,23H,4H2,1-3H3. The monoisotopic (exact) mass is 404 g/mol. The molecule has 0 aromatic heterocycles. The van der Waals surface area contributed by atoms with Crippen LogP contribution in [0.3, 0.4) is 0 Å². The summed E-state index contributed by atoms with van der Waals surface area (Å²) in [5, 5.41) is 3.29. The predicted molar refractivity (Wildman–Crippen MR) is 108 cm³/mol. The molecule has 0 radical (unpaired) electrons. The maximum atomic E-state index is 12.9. The number of carbonyl (C=O) groups is 2. The van der Waals surface area contributed by atoms with Gasteiger partial charge in [-0.3, -0.25) is 9.59 Å². The van der Waals surface area contributed by atoms with Crippen LogP contribution in [0.2, 0.25) is 5.02 Å². The van der Waals surface area contributed by atoms with Crippen LogP contribution in [0, 0.1) is 6.92 Å². The third kappa shape index (κ3) is 3.53. The van der Waals surface area contributed by atoms with E-state index in [9.17, 15) is 9.59 Å². The van der Waals surface area contributed by atoms with Crippen LogP contribution in [0.25, 0.3) is 0 Å². The first-order valence-corrected chi connectivity index (χ1v) is 9.11. The van der Waals surface area contributed by atoms with Gasteiger partial charge >= 0.3 is 0 Å². The Labute approximate surface area is 167 Å². The van der Waals surface area contributed by atoms with E-state index in [0.29, 0.717) is 22.1 Å². The van der Waals surface area contributed by atoms with Crippen molar-refractivity contribution in [2.75, 3.05) is 17.3 Å². The van der Waals surface area contributed by atoms with Crippen molar-refractivity contribution in [2.45, 2.75) is 20.3 Å². The predicted octanol–water partition coefficient (Wildman–Crippen LogP) is 4.66. The largest absolute Gasteiger partial charge is 0.495 e. The number of rotatable bonds is 5. The quantitative estimate of drug-likeness (QED) is 0.736. The molecule has 1 heterocycles. The number of ether oxygens (including phenoxy) is 1. The summed E-state index contributed by atoms with van der Waals surface area (Å²) in [7, 11) is 1.49. The number of anilines is 2. The first kappa shape index (κ1) is 19.3. The van der Waals surface area contributed by atoms with Crippen molar-refractivity contribution in [3.05, 3.63) is 63.3 Å². The second-order valence-corrected chi connectivity index (χ2v) is 6.87. The third-order valence-corrected chi connectivity index (χ3v) is 5.13. The molecule has 2 aromatic rings. The lowest BCUT2D eigenvalue weighted by Crippen LogP contribution is -2.32. The highest BCUT2D eigenvalue weighted by atomic mass is 35.5. The van der Waals surface area contributed by atoms with Gasteiger partial charge in [0.25, 0.3) is 11.8 Å². The number of hydrogen-bond donors (Lipinski definition) is 1. The highest BCUT2D eigenvalue weighted by molar-refractivity contribution is 6.53. The smallest absolute Gasteiger partial charge is 0.283 e. The van der Waals surface area contributed by atoms with Crippen LogP contribution in [0.1, 0.15) is 18.1 Å². The van der Waals surface area contributed by atoms with Gasteiger partial charge in [0.15, 0.2) is 0 Å². The summed E-state index contributed by atoms with van der Waals surface area (Å²) in [6.07, 6.45) is 0.865. The molecule has 140 valence electrons. The van der Waals surface area contributed by atoms with E-state index in [-0.39, 0.29) is 10.7 Å². The lowest BCUT2D eigenvalue weighted by atomic mass is 10.1. The first-order valence-electron chi connectivity index (χ1n) is 8.36. The van der Waals surface area contributed by atoms with Crippen LogP contribution >= 0.6 is 23.2 Å². The zero-order chi connectivity index (χ0) is 19.7. The maximum absolute atomic E-state index is 12.9. The molecule has 0 bridgehead atoms. The number of nitrogens with one attached hydrogen (secondary N) is 1. The zero-order valence-electron chi connectivity index (χ0n) is 15.1. The molecule has 0 spiro atoms. The van der Waals surface area contributed by atoms with Gasteiger partial charge in [0.2, 0.25) is 0 Å². The van der Waals surface area contributed by atoms with Crippen LogP contribution in [0.15, 0.2) is 47.1 Å². The molecule has 7 heteroatoms. The summed E-state index contributed by atoms with van der Waals surface area (Å²) in [5.41, 5.74) is 2.87. The number of amides is 2. The molecule has 0 aliphatic carbocycles. The molecule has 27 heavy (non-hydrogen) atoms. The number of imide groups is 1. The van der Waals surface area contributed by atoms with Gasteiger partial charge in [-0.05, 0) is 42.7 Å². The summed E-state index contributed by atoms with van der Waals surface area (Å²) < 4.78 is 5.30. The SMILES string of the molecule is CCc1ccc(N2C(=O)C(Cl)=C(Nc3cc(C)c(Cl)cc3OC)C2=O)cc1. The molecule has 0 unspecified atom stereocenters. The Morgan fingerprint density at radius 3 is 2.33 bits per heavy atom. The van der Waals surface area contributed by atoms with Crippen LogP contribution in [0.5, 0.6) is 5.75 Å². The molecular formula is C20H18Cl2N2O3. The van der Waals surface area contributed by atoms with Crippen molar-refractivity contribution >= 4 is 46.4 Å². The number of methoxy groups -OCH3 is 1. The zero-order valence-corrected chi connectivity index (χ0v) is 16.6. The Morgan fingerprint density at radius 2 is 1.74 bits per heavy atom. The topological polar surface area (TPSA) is 58.6 Å². The minimum Gasteiger partial charge on any atom is -0.495 e. The van der Waals surface area contributed by atoms with Crippen LogP contribution in [-0.2, 0) is 16.0 Å². The Morgan fingerprint density at radius 1 is 1.07 bits per heavy atom. The second kappa shape index (κ2) is 7.62. The Kier molecular flexibility index (Phi) is 5.44. The van der Waals surface area contributed by atoms with Crippen molar-refractivity contribution in [3.63, 3.8) is 0 Å². The highest BCUT2D eigenvalue weighted by Gasteiger charge is 2.39. The fourth-order valence-electron chi connectivity index (χ4n) is 2.79. The fourth-order valence-corrected chi connectivity index (χ4v) is 3.16. The molecule has 3 rings (SSSR count). The Balaban J connectivity index is 1.94. The number of benzene rings is 2. The van der Waals surface area contributed by atoms with E-state index in [1.807, 2.05) is 26.0 Å². The van der Waals surface area contributed by atoms with Crippen LogP contribution in [0.4, 0.5) is 11.4 Å². The van der Waals surface area contributed by atoms with E-state index in [4.69, 9.17) is 27.9 Å². The maximum Gasteiger partial charge on any atom is 0.283 e. The molecule has 0 saturated heterocycles. The van der Waals surface area contributed by atoms with Crippen molar-refractivity contribution in [3.8, 4) is 5.75 Å². The molecule has 1 aliphatic rings. The second-order valence-electron chi connectivity index (χ2n) is 6.08. The number of carbonyl (C=O) groups excluding carboxylic acids is 2. The van der Waals surface area contributed by atoms with Crippen LogP contribution < -0.4 is 15.0 Å². The van der Waals surface area contributed by atoms with Crippen molar-refractivity contribution in [1.29, 1.82) is 0 Å². The molecule has 1 N–H and O–H groups in total. The lowest BCUT2D eigenvalue weighted by molar-refractivity contribution is -0.120. The Hall–Kier alpha value is -2.50. The van der Waals surface area contributed by atoms with Crippen LogP contribution in [-0.4, -0.2) is 18.9 Å². The van der Waals surface area contributed by atoms with E-state index in [1.54, 1.807) is 24.3 Å². The van der Waals surface area contributed by atoms with Gasteiger partial charge in [-0.1, -0.05) is 42.3 Å². The number of nitrogens with zero attached hydrogens (tertiary/aromatic N) is 1. The van der Waals surface area contributed by atoms with E-state index < -0.39 is 11.8 Å². The molecule has 2 amide bonds. The van der Waals surface area contributed by atoms with Gasteiger partial charge in [-0.2, -0.15) is 0 Å². The minimum atomic E-state index is -0.571. The summed E-state index contributed by atoms with van der Waals surface area (Å²) >= 11 is 12.3. The third-order valence-electron chi connectivity index (χ3n) is 4.37. The molecule has 2 aromatic carbocycles.